The molecule has 1 N–H and O–H groups in total. The number of pyridine rings is 1. The van der Waals surface area contributed by atoms with Crippen LogP contribution in [-0.4, -0.2) is 19.4 Å². The van der Waals surface area contributed by atoms with Crippen LogP contribution in [0.2, 0.25) is 0 Å². The topological polar surface area (TPSA) is 80.7 Å². The van der Waals surface area contributed by atoms with Crippen molar-refractivity contribution in [3.05, 3.63) is 64.0 Å². The third kappa shape index (κ3) is 2.25. The maximum Gasteiger partial charge on any atom is 0.286 e. The second-order valence-electron chi connectivity index (χ2n) is 4.80. The van der Waals surface area contributed by atoms with Gasteiger partial charge in [0.1, 0.15) is 5.65 Å². The second kappa shape index (κ2) is 4.99. The molecular formula is C15H13N3O3. The van der Waals surface area contributed by atoms with Crippen molar-refractivity contribution < 1.29 is 10.0 Å². The fourth-order valence-electron chi connectivity index (χ4n) is 2.28. The molecule has 0 fully saturated rings. The van der Waals surface area contributed by atoms with E-state index in [2.05, 4.69) is 4.98 Å². The summed E-state index contributed by atoms with van der Waals surface area (Å²) in [6, 6.07) is 10.7. The van der Waals surface area contributed by atoms with E-state index in [1.54, 1.807) is 10.5 Å². The maximum absolute atomic E-state index is 10.9. The number of fused-ring (bicyclic) bond motifs is 1. The van der Waals surface area contributed by atoms with Gasteiger partial charge in [-0.25, -0.2) is 4.98 Å². The molecule has 0 spiro atoms. The van der Waals surface area contributed by atoms with E-state index < -0.39 is 4.92 Å². The molecule has 0 bridgehead atoms. The van der Waals surface area contributed by atoms with Crippen molar-refractivity contribution in [2.45, 2.75) is 13.5 Å². The lowest BCUT2D eigenvalue weighted by atomic mass is 10.1. The lowest BCUT2D eigenvalue weighted by Crippen LogP contribution is -1.96. The van der Waals surface area contributed by atoms with Crippen molar-refractivity contribution in [3.63, 3.8) is 0 Å². The standard InChI is InChI=1S/C15H13N3O3/c1-10-2-4-11(5-3-10)15-13(9-19)17-8-12(18(20)21)6-7-14(17)16-15/h2-8,19H,9H2,1H3. The van der Waals surface area contributed by atoms with E-state index in [4.69, 9.17) is 0 Å². The van der Waals surface area contributed by atoms with Crippen molar-refractivity contribution in [2.24, 2.45) is 0 Å². The molecule has 3 rings (SSSR count). The second-order valence-corrected chi connectivity index (χ2v) is 4.80. The van der Waals surface area contributed by atoms with Crippen LogP contribution < -0.4 is 0 Å². The number of aliphatic hydroxyl groups is 1. The molecular weight excluding hydrogens is 270 g/mol. The minimum absolute atomic E-state index is 0.0370. The highest BCUT2D eigenvalue weighted by Crippen LogP contribution is 2.26. The molecule has 2 aromatic heterocycles. The molecule has 6 heteroatoms. The van der Waals surface area contributed by atoms with Gasteiger partial charge < -0.3 is 5.11 Å². The lowest BCUT2D eigenvalue weighted by Gasteiger charge is -2.02. The predicted octanol–water partition coefficient (Wildman–Crippen LogP) is 2.71. The van der Waals surface area contributed by atoms with Crippen molar-refractivity contribution in [1.82, 2.24) is 9.38 Å². The van der Waals surface area contributed by atoms with Gasteiger partial charge in [0.25, 0.3) is 5.69 Å². The van der Waals surface area contributed by atoms with Gasteiger partial charge >= 0.3 is 0 Å². The van der Waals surface area contributed by atoms with Crippen molar-refractivity contribution in [1.29, 1.82) is 0 Å². The molecule has 0 radical (unpaired) electrons. The fraction of sp³-hybridized carbons (Fsp3) is 0.133. The van der Waals surface area contributed by atoms with Crippen LogP contribution in [0.15, 0.2) is 42.6 Å². The van der Waals surface area contributed by atoms with Gasteiger partial charge in [0.15, 0.2) is 0 Å². The Labute approximate surface area is 120 Å². The van der Waals surface area contributed by atoms with Crippen molar-refractivity contribution in [2.75, 3.05) is 0 Å². The number of aryl methyl sites for hydroxylation is 1. The van der Waals surface area contributed by atoms with Gasteiger partial charge in [-0.2, -0.15) is 0 Å². The monoisotopic (exact) mass is 283 g/mol. The van der Waals surface area contributed by atoms with Crippen LogP contribution in [0.4, 0.5) is 5.69 Å². The minimum Gasteiger partial charge on any atom is -0.390 e. The Morgan fingerprint density at radius 1 is 1.24 bits per heavy atom. The van der Waals surface area contributed by atoms with Gasteiger partial charge in [0.2, 0.25) is 0 Å². The average molecular weight is 283 g/mol. The van der Waals surface area contributed by atoms with E-state index in [0.29, 0.717) is 17.0 Å². The summed E-state index contributed by atoms with van der Waals surface area (Å²) in [6.45, 7) is 1.75. The summed E-state index contributed by atoms with van der Waals surface area (Å²) in [4.78, 5) is 14.9. The van der Waals surface area contributed by atoms with E-state index in [0.717, 1.165) is 11.1 Å². The minimum atomic E-state index is -0.466. The molecule has 0 amide bonds. The third-order valence-electron chi connectivity index (χ3n) is 3.39. The van der Waals surface area contributed by atoms with Crippen LogP contribution in [0, 0.1) is 17.0 Å². The van der Waals surface area contributed by atoms with Gasteiger partial charge in [-0.05, 0) is 13.0 Å². The van der Waals surface area contributed by atoms with Gasteiger partial charge in [-0.15, -0.1) is 0 Å². The zero-order valence-electron chi connectivity index (χ0n) is 11.4. The normalized spacial score (nSPS) is 11.0. The molecule has 0 unspecified atom stereocenters. The molecule has 0 atom stereocenters. The first-order valence-electron chi connectivity index (χ1n) is 6.43. The Morgan fingerprint density at radius 2 is 1.95 bits per heavy atom. The summed E-state index contributed by atoms with van der Waals surface area (Å²) >= 11 is 0. The molecule has 3 aromatic rings. The number of hydrogen-bond acceptors (Lipinski definition) is 4. The van der Waals surface area contributed by atoms with Crippen LogP contribution >= 0.6 is 0 Å². The number of aliphatic hydroxyl groups excluding tert-OH is 1. The quantitative estimate of drug-likeness (QED) is 0.592. The Bertz CT molecular complexity index is 822. The summed E-state index contributed by atoms with van der Waals surface area (Å²) in [5.41, 5.74) is 3.71. The van der Waals surface area contributed by atoms with Crippen LogP contribution in [0.1, 0.15) is 11.3 Å². The first-order valence-corrected chi connectivity index (χ1v) is 6.43. The highest BCUT2D eigenvalue weighted by Gasteiger charge is 2.16. The Balaban J connectivity index is 2.23. The zero-order chi connectivity index (χ0) is 15.0. The first kappa shape index (κ1) is 13.3. The average Bonchev–Trinajstić information content (AvgIpc) is 2.85. The van der Waals surface area contributed by atoms with E-state index in [1.165, 1.54) is 12.3 Å². The SMILES string of the molecule is Cc1ccc(-c2nc3ccc([N+](=O)[O-])cn3c2CO)cc1. The van der Waals surface area contributed by atoms with Crippen LogP contribution in [-0.2, 0) is 6.61 Å². The summed E-state index contributed by atoms with van der Waals surface area (Å²) in [6.07, 6.45) is 1.38. The van der Waals surface area contributed by atoms with Crippen LogP contribution in [0.25, 0.3) is 16.9 Å². The molecule has 2 heterocycles. The summed E-state index contributed by atoms with van der Waals surface area (Å²) < 4.78 is 1.56. The summed E-state index contributed by atoms with van der Waals surface area (Å²) in [5.74, 6) is 0. The van der Waals surface area contributed by atoms with Gasteiger partial charge in [0, 0.05) is 11.6 Å². The number of nitro groups is 1. The molecule has 6 nitrogen and oxygen atoms in total. The number of aromatic nitrogens is 2. The number of nitrogens with zero attached hydrogens (tertiary/aromatic N) is 3. The van der Waals surface area contributed by atoms with Crippen LogP contribution in [0.3, 0.4) is 0 Å². The van der Waals surface area contributed by atoms with Crippen LogP contribution in [0.5, 0.6) is 0 Å². The molecule has 0 saturated carbocycles. The van der Waals surface area contributed by atoms with E-state index in [1.807, 2.05) is 31.2 Å². The van der Waals surface area contributed by atoms with Crippen molar-refractivity contribution >= 4 is 11.3 Å². The maximum atomic E-state index is 10.9. The smallest absolute Gasteiger partial charge is 0.286 e. The van der Waals surface area contributed by atoms with Crippen molar-refractivity contribution in [3.8, 4) is 11.3 Å². The van der Waals surface area contributed by atoms with Gasteiger partial charge in [-0.1, -0.05) is 29.8 Å². The largest absolute Gasteiger partial charge is 0.390 e. The number of benzene rings is 1. The molecule has 1 aromatic carbocycles. The van der Waals surface area contributed by atoms with E-state index >= 15 is 0 Å². The zero-order valence-corrected chi connectivity index (χ0v) is 11.4. The molecule has 0 aliphatic heterocycles. The Kier molecular flexibility index (Phi) is 3.15. The molecule has 0 saturated heterocycles. The van der Waals surface area contributed by atoms with Gasteiger partial charge in [-0.3, -0.25) is 14.5 Å². The Hall–Kier alpha value is -2.73. The molecule has 21 heavy (non-hydrogen) atoms. The molecule has 106 valence electrons. The fourth-order valence-corrected chi connectivity index (χ4v) is 2.28. The lowest BCUT2D eigenvalue weighted by molar-refractivity contribution is -0.385. The molecule has 0 aliphatic rings. The highest BCUT2D eigenvalue weighted by atomic mass is 16.6. The number of imidazole rings is 1. The number of hydrogen-bond donors (Lipinski definition) is 1. The highest BCUT2D eigenvalue weighted by molar-refractivity contribution is 5.67. The third-order valence-corrected chi connectivity index (χ3v) is 3.39. The summed E-state index contributed by atoms with van der Waals surface area (Å²) in [5, 5.41) is 20.5. The Morgan fingerprint density at radius 3 is 2.57 bits per heavy atom. The van der Waals surface area contributed by atoms with E-state index in [-0.39, 0.29) is 12.3 Å². The predicted molar refractivity (Wildman–Crippen MR) is 77.9 cm³/mol. The molecule has 0 aliphatic carbocycles. The first-order chi connectivity index (χ1) is 10.1. The van der Waals surface area contributed by atoms with Gasteiger partial charge in [0.05, 0.1) is 29.1 Å². The number of rotatable bonds is 3. The summed E-state index contributed by atoms with van der Waals surface area (Å²) in [7, 11) is 0. The van der Waals surface area contributed by atoms with E-state index in [9.17, 15) is 15.2 Å².